The van der Waals surface area contributed by atoms with Crippen LogP contribution in [0.1, 0.15) is 29.8 Å². The number of carboxylic acid groups (broad SMARTS) is 1. The number of likely N-dealkylation sites (tertiary alicyclic amines) is 1. The molecule has 0 radical (unpaired) electrons. The Bertz CT molecular complexity index is 1250. The number of piperidine rings is 1. The molecular weight excluding hydrogens is 502 g/mol. The van der Waals surface area contributed by atoms with Crippen molar-refractivity contribution in [2.45, 2.75) is 44.9 Å². The highest BCUT2D eigenvalue weighted by atomic mass is 35.5. The summed E-state index contributed by atoms with van der Waals surface area (Å²) in [5, 5.41) is 19.7. The Labute approximate surface area is 209 Å². The van der Waals surface area contributed by atoms with Crippen LogP contribution in [0.5, 0.6) is 0 Å². The molecule has 3 N–H and O–H groups in total. The number of nitrogens with one attached hydrogen (secondary N) is 2. The van der Waals surface area contributed by atoms with Crippen molar-refractivity contribution in [1.82, 2.24) is 20.1 Å². The number of anilines is 2. The number of rotatable bonds is 7. The van der Waals surface area contributed by atoms with E-state index in [1.165, 1.54) is 18.2 Å². The second-order valence-corrected chi connectivity index (χ2v) is 9.44. The van der Waals surface area contributed by atoms with E-state index in [0.717, 1.165) is 10.6 Å². The standard InChI is InChI=1S/C24H24ClF4N5O2/c1-14-10-20(33-32-14)31-19-7-3-5-16(30-19)11-23(22(35)36)8-9-34(18(12-23)24(27,28)29)13-15-4-2-6-17(25)21(15)26/h2-7,10,18H,8-9,11-13H2,1H3,(H,35,36)(H2,30,31,32,33). The number of benzene rings is 1. The van der Waals surface area contributed by atoms with Gasteiger partial charge in [0.2, 0.25) is 0 Å². The molecular formula is C24H24ClF4N5O2. The average Bonchev–Trinajstić information content (AvgIpc) is 3.21. The quantitative estimate of drug-likeness (QED) is 0.353. The van der Waals surface area contributed by atoms with Crippen LogP contribution in [-0.2, 0) is 17.8 Å². The molecule has 1 aliphatic rings. The fourth-order valence-corrected chi connectivity index (χ4v) is 4.75. The average molecular weight is 526 g/mol. The molecule has 1 aliphatic heterocycles. The largest absolute Gasteiger partial charge is 0.481 e. The molecule has 12 heteroatoms. The van der Waals surface area contributed by atoms with Gasteiger partial charge in [-0.2, -0.15) is 18.3 Å². The van der Waals surface area contributed by atoms with Gasteiger partial charge in [0.15, 0.2) is 5.82 Å². The van der Waals surface area contributed by atoms with E-state index in [1.54, 1.807) is 24.3 Å². The van der Waals surface area contributed by atoms with E-state index in [0.29, 0.717) is 17.3 Å². The van der Waals surface area contributed by atoms with Crippen molar-refractivity contribution in [1.29, 1.82) is 0 Å². The topological polar surface area (TPSA) is 94.1 Å². The lowest BCUT2D eigenvalue weighted by Crippen LogP contribution is -2.56. The molecule has 3 heterocycles. The Morgan fingerprint density at radius 2 is 2.03 bits per heavy atom. The first-order chi connectivity index (χ1) is 17.0. The lowest BCUT2D eigenvalue weighted by atomic mass is 9.71. The van der Waals surface area contributed by atoms with E-state index in [-0.39, 0.29) is 36.5 Å². The first kappa shape index (κ1) is 25.9. The van der Waals surface area contributed by atoms with Crippen molar-refractivity contribution in [3.8, 4) is 0 Å². The maximum Gasteiger partial charge on any atom is 0.404 e. The molecule has 1 aromatic carbocycles. The second-order valence-electron chi connectivity index (χ2n) is 9.03. The summed E-state index contributed by atoms with van der Waals surface area (Å²) in [4.78, 5) is 17.9. The molecule has 3 aromatic rings. The minimum Gasteiger partial charge on any atom is -0.481 e. The molecule has 4 rings (SSSR count). The van der Waals surface area contributed by atoms with Gasteiger partial charge in [0.25, 0.3) is 0 Å². The molecule has 7 nitrogen and oxygen atoms in total. The first-order valence-electron chi connectivity index (χ1n) is 11.2. The summed E-state index contributed by atoms with van der Waals surface area (Å²) in [6.07, 6.45) is -5.66. The number of halogens is 5. The molecule has 0 bridgehead atoms. The van der Waals surface area contributed by atoms with Gasteiger partial charge in [-0.15, -0.1) is 0 Å². The van der Waals surface area contributed by atoms with E-state index < -0.39 is 35.8 Å². The van der Waals surface area contributed by atoms with Gasteiger partial charge in [0, 0.05) is 42.5 Å². The van der Waals surface area contributed by atoms with E-state index >= 15 is 0 Å². The van der Waals surface area contributed by atoms with Gasteiger partial charge in [-0.05, 0) is 38.0 Å². The molecule has 0 spiro atoms. The summed E-state index contributed by atoms with van der Waals surface area (Å²) < 4.78 is 56.8. The van der Waals surface area contributed by atoms with Gasteiger partial charge in [0.05, 0.1) is 10.4 Å². The highest BCUT2D eigenvalue weighted by Gasteiger charge is 2.54. The number of nitrogens with zero attached hydrogens (tertiary/aromatic N) is 3. The molecule has 2 atom stereocenters. The lowest BCUT2D eigenvalue weighted by Gasteiger charge is -2.45. The summed E-state index contributed by atoms with van der Waals surface area (Å²) in [7, 11) is 0. The summed E-state index contributed by atoms with van der Waals surface area (Å²) in [5.41, 5.74) is -0.516. The highest BCUT2D eigenvalue weighted by molar-refractivity contribution is 6.30. The Balaban J connectivity index is 1.57. The number of aromatic nitrogens is 3. The number of hydrogen-bond acceptors (Lipinski definition) is 5. The Kier molecular flexibility index (Phi) is 7.24. The summed E-state index contributed by atoms with van der Waals surface area (Å²) >= 11 is 5.79. The third-order valence-corrected chi connectivity index (χ3v) is 6.72. The second kappa shape index (κ2) is 10.1. The monoisotopic (exact) mass is 525 g/mol. The molecule has 36 heavy (non-hydrogen) atoms. The van der Waals surface area contributed by atoms with Crippen molar-refractivity contribution < 1.29 is 27.5 Å². The van der Waals surface area contributed by atoms with Gasteiger partial charge >= 0.3 is 12.1 Å². The molecule has 2 unspecified atom stereocenters. The van der Waals surface area contributed by atoms with Crippen molar-refractivity contribution in [3.05, 3.63) is 70.3 Å². The van der Waals surface area contributed by atoms with Crippen LogP contribution in [-0.4, -0.2) is 49.9 Å². The summed E-state index contributed by atoms with van der Waals surface area (Å²) in [6, 6.07) is 8.72. The number of H-pyrrole nitrogens is 1. The molecule has 0 amide bonds. The number of pyridine rings is 1. The number of carbonyl (C=O) groups is 1. The minimum absolute atomic E-state index is 0.0219. The fraction of sp³-hybridized carbons (Fsp3) is 0.375. The third-order valence-electron chi connectivity index (χ3n) is 6.43. The number of carboxylic acids is 1. The minimum atomic E-state index is -4.72. The zero-order valence-corrected chi connectivity index (χ0v) is 20.0. The summed E-state index contributed by atoms with van der Waals surface area (Å²) in [6.45, 7) is 1.29. The smallest absolute Gasteiger partial charge is 0.404 e. The van der Waals surface area contributed by atoms with Crippen molar-refractivity contribution in [2.24, 2.45) is 5.41 Å². The van der Waals surface area contributed by atoms with Gasteiger partial charge in [0.1, 0.15) is 17.7 Å². The van der Waals surface area contributed by atoms with E-state index in [4.69, 9.17) is 11.6 Å². The number of alkyl halides is 3. The number of aliphatic carboxylic acids is 1. The van der Waals surface area contributed by atoms with Crippen LogP contribution >= 0.6 is 11.6 Å². The maximum absolute atomic E-state index is 14.4. The van der Waals surface area contributed by atoms with E-state index in [1.807, 2.05) is 6.92 Å². The fourth-order valence-electron chi connectivity index (χ4n) is 4.55. The van der Waals surface area contributed by atoms with Crippen molar-refractivity contribution in [3.63, 3.8) is 0 Å². The van der Waals surface area contributed by atoms with Gasteiger partial charge in [-0.3, -0.25) is 14.8 Å². The van der Waals surface area contributed by atoms with Crippen LogP contribution in [0, 0.1) is 18.2 Å². The molecule has 1 fully saturated rings. The van der Waals surface area contributed by atoms with Crippen LogP contribution in [0.15, 0.2) is 42.5 Å². The normalized spacial score (nSPS) is 20.9. The van der Waals surface area contributed by atoms with Gasteiger partial charge in [-0.25, -0.2) is 9.37 Å². The first-order valence-corrected chi connectivity index (χ1v) is 11.6. The van der Waals surface area contributed by atoms with Gasteiger partial charge < -0.3 is 10.4 Å². The lowest BCUT2D eigenvalue weighted by molar-refractivity contribution is -0.208. The molecule has 0 saturated carbocycles. The SMILES string of the molecule is Cc1cc(Nc2cccc(CC3(C(=O)O)CCN(Cc4cccc(Cl)c4F)C(C(F)(F)F)C3)n2)n[nH]1. The predicted octanol–water partition coefficient (Wildman–Crippen LogP) is 5.49. The van der Waals surface area contributed by atoms with Crippen LogP contribution in [0.2, 0.25) is 5.02 Å². The predicted molar refractivity (Wildman–Crippen MR) is 126 cm³/mol. The van der Waals surface area contributed by atoms with Crippen molar-refractivity contribution in [2.75, 3.05) is 11.9 Å². The van der Waals surface area contributed by atoms with E-state index in [2.05, 4.69) is 20.5 Å². The molecule has 2 aromatic heterocycles. The third kappa shape index (κ3) is 5.62. The zero-order valence-electron chi connectivity index (χ0n) is 19.2. The van der Waals surface area contributed by atoms with Crippen LogP contribution < -0.4 is 5.32 Å². The Morgan fingerprint density at radius 3 is 2.69 bits per heavy atom. The van der Waals surface area contributed by atoms with Crippen LogP contribution in [0.4, 0.5) is 29.2 Å². The number of hydrogen-bond donors (Lipinski definition) is 3. The summed E-state index contributed by atoms with van der Waals surface area (Å²) in [5.74, 6) is -1.21. The highest BCUT2D eigenvalue weighted by Crippen LogP contribution is 2.44. The Hall–Kier alpha value is -3.18. The zero-order chi connectivity index (χ0) is 26.1. The maximum atomic E-state index is 14.4. The molecule has 192 valence electrons. The van der Waals surface area contributed by atoms with Crippen LogP contribution in [0.3, 0.4) is 0 Å². The van der Waals surface area contributed by atoms with Crippen molar-refractivity contribution >= 4 is 29.2 Å². The van der Waals surface area contributed by atoms with Gasteiger partial charge in [-0.1, -0.05) is 29.8 Å². The Morgan fingerprint density at radius 1 is 1.28 bits per heavy atom. The molecule has 1 saturated heterocycles. The van der Waals surface area contributed by atoms with Crippen LogP contribution in [0.25, 0.3) is 0 Å². The molecule has 0 aliphatic carbocycles. The number of aryl methyl sites for hydroxylation is 1. The van der Waals surface area contributed by atoms with E-state index in [9.17, 15) is 27.5 Å². The number of aromatic amines is 1.